The van der Waals surface area contributed by atoms with Crippen molar-refractivity contribution >= 4 is 12.1 Å². The van der Waals surface area contributed by atoms with Gasteiger partial charge in [0, 0.05) is 7.05 Å². The van der Waals surface area contributed by atoms with Crippen LogP contribution in [0.3, 0.4) is 0 Å². The number of aliphatic hydroxyl groups excluding tert-OH is 1. The summed E-state index contributed by atoms with van der Waals surface area (Å²) in [5.41, 5.74) is -2.12. The summed E-state index contributed by atoms with van der Waals surface area (Å²) < 4.78 is 9.67. The van der Waals surface area contributed by atoms with Gasteiger partial charge in [0.1, 0.15) is 5.60 Å². The van der Waals surface area contributed by atoms with E-state index in [0.717, 1.165) is 4.90 Å². The minimum atomic E-state index is -1.45. The quantitative estimate of drug-likeness (QED) is 0.746. The Kier molecular flexibility index (Phi) is 4.94. The number of nitrogens with zero attached hydrogens (tertiary/aromatic N) is 1. The van der Waals surface area contributed by atoms with E-state index in [9.17, 15) is 14.7 Å². The minimum Gasteiger partial charge on any atom is -0.467 e. The Morgan fingerprint density at radius 1 is 1.24 bits per heavy atom. The van der Waals surface area contributed by atoms with E-state index < -0.39 is 29.8 Å². The summed E-state index contributed by atoms with van der Waals surface area (Å²) in [6.07, 6.45) is -0.695. The molecule has 1 unspecified atom stereocenters. The standard InChI is InChI=1S/C11H21NO5/c1-10(2,3)17-9(15)12(5)11(4,7-13)8(14)16-6/h13H,7H2,1-6H3. The molecule has 100 valence electrons. The van der Waals surface area contributed by atoms with Crippen molar-refractivity contribution in [3.05, 3.63) is 0 Å². The lowest BCUT2D eigenvalue weighted by atomic mass is 10.0. The lowest BCUT2D eigenvalue weighted by Crippen LogP contribution is -2.57. The molecule has 0 radical (unpaired) electrons. The van der Waals surface area contributed by atoms with Crippen molar-refractivity contribution in [1.29, 1.82) is 0 Å². The molecule has 0 aromatic heterocycles. The molecule has 0 aliphatic rings. The van der Waals surface area contributed by atoms with Gasteiger partial charge in [0.25, 0.3) is 0 Å². The third-order valence-electron chi connectivity index (χ3n) is 2.34. The Morgan fingerprint density at radius 2 is 1.71 bits per heavy atom. The second-order valence-corrected chi connectivity index (χ2v) is 4.96. The van der Waals surface area contributed by atoms with Crippen molar-refractivity contribution in [2.24, 2.45) is 0 Å². The Morgan fingerprint density at radius 3 is 2.00 bits per heavy atom. The first kappa shape index (κ1) is 15.7. The molecule has 17 heavy (non-hydrogen) atoms. The number of hydrogen-bond acceptors (Lipinski definition) is 5. The number of rotatable bonds is 3. The van der Waals surface area contributed by atoms with Gasteiger partial charge >= 0.3 is 12.1 Å². The SMILES string of the molecule is COC(=O)C(C)(CO)N(C)C(=O)OC(C)(C)C. The third kappa shape index (κ3) is 3.89. The van der Waals surface area contributed by atoms with Gasteiger partial charge in [-0.1, -0.05) is 0 Å². The van der Waals surface area contributed by atoms with Gasteiger partial charge in [0.2, 0.25) is 0 Å². The number of ether oxygens (including phenoxy) is 2. The lowest BCUT2D eigenvalue weighted by molar-refractivity contribution is -0.155. The predicted octanol–water partition coefficient (Wildman–Crippen LogP) is 0.777. The molecule has 0 fully saturated rings. The molecule has 0 saturated heterocycles. The number of hydrogen-bond donors (Lipinski definition) is 1. The van der Waals surface area contributed by atoms with E-state index in [1.807, 2.05) is 0 Å². The molecular weight excluding hydrogens is 226 g/mol. The van der Waals surface area contributed by atoms with Gasteiger partial charge in [-0.05, 0) is 27.7 Å². The fourth-order valence-electron chi connectivity index (χ4n) is 1.06. The average Bonchev–Trinajstić information content (AvgIpc) is 2.23. The molecule has 0 spiro atoms. The molecule has 0 aliphatic heterocycles. The van der Waals surface area contributed by atoms with Crippen molar-refractivity contribution in [2.75, 3.05) is 20.8 Å². The fraction of sp³-hybridized carbons (Fsp3) is 0.818. The largest absolute Gasteiger partial charge is 0.467 e. The molecule has 0 rings (SSSR count). The molecule has 1 N–H and O–H groups in total. The summed E-state index contributed by atoms with van der Waals surface area (Å²) in [7, 11) is 2.57. The van der Waals surface area contributed by atoms with Gasteiger partial charge in [0.05, 0.1) is 13.7 Å². The second kappa shape index (κ2) is 5.35. The molecule has 0 aromatic rings. The van der Waals surface area contributed by atoms with E-state index in [0.29, 0.717) is 0 Å². The van der Waals surface area contributed by atoms with Crippen LogP contribution in [0.2, 0.25) is 0 Å². The van der Waals surface area contributed by atoms with Crippen LogP contribution < -0.4 is 0 Å². The van der Waals surface area contributed by atoms with E-state index >= 15 is 0 Å². The summed E-state index contributed by atoms with van der Waals surface area (Å²) in [6.45, 7) is 6.01. The normalized spacial score (nSPS) is 14.8. The Bertz CT molecular complexity index is 297. The van der Waals surface area contributed by atoms with Crippen molar-refractivity contribution in [1.82, 2.24) is 4.90 Å². The Hall–Kier alpha value is -1.30. The summed E-state index contributed by atoms with van der Waals surface area (Å²) in [5, 5.41) is 9.25. The van der Waals surface area contributed by atoms with Gasteiger partial charge in [-0.25, -0.2) is 9.59 Å². The Labute approximate surface area is 101 Å². The predicted molar refractivity (Wildman–Crippen MR) is 61.5 cm³/mol. The summed E-state index contributed by atoms with van der Waals surface area (Å²) in [6, 6.07) is 0. The zero-order chi connectivity index (χ0) is 13.9. The highest BCUT2D eigenvalue weighted by molar-refractivity contribution is 5.85. The number of likely N-dealkylation sites (N-methyl/N-ethyl adjacent to an activating group) is 1. The van der Waals surface area contributed by atoms with Crippen molar-refractivity contribution in [2.45, 2.75) is 38.8 Å². The monoisotopic (exact) mass is 247 g/mol. The van der Waals surface area contributed by atoms with E-state index in [4.69, 9.17) is 4.74 Å². The molecule has 0 aromatic carbocycles. The van der Waals surface area contributed by atoms with Gasteiger partial charge < -0.3 is 14.6 Å². The minimum absolute atomic E-state index is 0.546. The molecule has 1 atom stereocenters. The van der Waals surface area contributed by atoms with Crippen molar-refractivity contribution in [3.8, 4) is 0 Å². The van der Waals surface area contributed by atoms with Crippen molar-refractivity contribution in [3.63, 3.8) is 0 Å². The zero-order valence-corrected chi connectivity index (χ0v) is 11.2. The first-order chi connectivity index (χ1) is 7.58. The maximum absolute atomic E-state index is 11.8. The number of esters is 1. The van der Waals surface area contributed by atoms with Crippen LogP contribution in [0.5, 0.6) is 0 Å². The number of amides is 1. The van der Waals surface area contributed by atoms with E-state index in [-0.39, 0.29) is 0 Å². The molecule has 0 heterocycles. The highest BCUT2D eigenvalue weighted by Gasteiger charge is 2.42. The molecular formula is C11H21NO5. The van der Waals surface area contributed by atoms with Crippen LogP contribution >= 0.6 is 0 Å². The molecule has 6 nitrogen and oxygen atoms in total. The van der Waals surface area contributed by atoms with Crippen LogP contribution in [-0.2, 0) is 14.3 Å². The molecule has 0 saturated carbocycles. The van der Waals surface area contributed by atoms with E-state index in [2.05, 4.69) is 4.74 Å². The topological polar surface area (TPSA) is 76.1 Å². The lowest BCUT2D eigenvalue weighted by Gasteiger charge is -2.35. The van der Waals surface area contributed by atoms with Gasteiger partial charge in [-0.3, -0.25) is 4.90 Å². The molecule has 0 aliphatic carbocycles. The molecule has 0 bridgehead atoms. The van der Waals surface area contributed by atoms with E-state index in [1.165, 1.54) is 21.1 Å². The fourth-order valence-corrected chi connectivity index (χ4v) is 1.06. The second-order valence-electron chi connectivity index (χ2n) is 4.96. The Balaban J connectivity index is 4.93. The van der Waals surface area contributed by atoms with Crippen molar-refractivity contribution < 1.29 is 24.2 Å². The van der Waals surface area contributed by atoms with Crippen LogP contribution in [0.25, 0.3) is 0 Å². The smallest absolute Gasteiger partial charge is 0.411 e. The number of carbonyl (C=O) groups is 2. The van der Waals surface area contributed by atoms with Crippen LogP contribution in [0, 0.1) is 0 Å². The first-order valence-electron chi connectivity index (χ1n) is 5.24. The average molecular weight is 247 g/mol. The van der Waals surface area contributed by atoms with Crippen LogP contribution in [0.4, 0.5) is 4.79 Å². The number of aliphatic hydroxyl groups is 1. The van der Waals surface area contributed by atoms with Crippen LogP contribution in [0.15, 0.2) is 0 Å². The van der Waals surface area contributed by atoms with Gasteiger partial charge in [-0.2, -0.15) is 0 Å². The molecule has 6 heteroatoms. The summed E-state index contributed by atoms with van der Waals surface area (Å²) >= 11 is 0. The summed E-state index contributed by atoms with van der Waals surface area (Å²) in [5.74, 6) is -0.701. The number of methoxy groups -OCH3 is 1. The number of carbonyl (C=O) groups excluding carboxylic acids is 2. The summed E-state index contributed by atoms with van der Waals surface area (Å²) in [4.78, 5) is 24.3. The van der Waals surface area contributed by atoms with Crippen LogP contribution in [-0.4, -0.2) is 54.0 Å². The highest BCUT2D eigenvalue weighted by Crippen LogP contribution is 2.18. The first-order valence-corrected chi connectivity index (χ1v) is 5.24. The zero-order valence-electron chi connectivity index (χ0n) is 11.2. The van der Waals surface area contributed by atoms with Crippen LogP contribution in [0.1, 0.15) is 27.7 Å². The highest BCUT2D eigenvalue weighted by atomic mass is 16.6. The van der Waals surface area contributed by atoms with Gasteiger partial charge in [-0.15, -0.1) is 0 Å². The maximum atomic E-state index is 11.8. The van der Waals surface area contributed by atoms with Gasteiger partial charge in [0.15, 0.2) is 5.54 Å². The third-order valence-corrected chi connectivity index (χ3v) is 2.34. The van der Waals surface area contributed by atoms with E-state index in [1.54, 1.807) is 20.8 Å². The maximum Gasteiger partial charge on any atom is 0.411 e. The molecule has 1 amide bonds.